The number of hydrogen-bond acceptors (Lipinski definition) is 4. The number of nitrogens with one attached hydrogen (secondary N) is 2. The molecule has 0 unspecified atom stereocenters. The summed E-state index contributed by atoms with van der Waals surface area (Å²) in [5.74, 6) is -0.614. The van der Waals surface area contributed by atoms with E-state index in [-0.39, 0.29) is 41.9 Å². The van der Waals surface area contributed by atoms with Gasteiger partial charge in [-0.15, -0.1) is 0 Å². The first kappa shape index (κ1) is 25.4. The standard InChI is InChI=1S/C23H35FN4O4S/c1-27(33(31,32)21-11-9-18(24)10-12-21)15-5-8-22(29)25-20-13-16-28(17-14-20)23(30)26-19-6-3-2-4-7-19/h9-12,19-20H,2-8,13-17H2,1H3,(H,25,29)(H,26,30). The lowest BCUT2D eigenvalue weighted by Crippen LogP contribution is -2.51. The predicted octanol–water partition coefficient (Wildman–Crippen LogP) is 2.85. The van der Waals surface area contributed by atoms with E-state index in [1.54, 1.807) is 0 Å². The molecule has 0 atom stereocenters. The zero-order valence-electron chi connectivity index (χ0n) is 19.3. The van der Waals surface area contributed by atoms with Gasteiger partial charge in [-0.2, -0.15) is 0 Å². The van der Waals surface area contributed by atoms with Gasteiger partial charge in [0.05, 0.1) is 4.90 Å². The molecule has 1 saturated heterocycles. The van der Waals surface area contributed by atoms with E-state index in [1.165, 1.54) is 42.7 Å². The minimum absolute atomic E-state index is 0.00271. The van der Waals surface area contributed by atoms with Gasteiger partial charge in [0.1, 0.15) is 5.82 Å². The minimum Gasteiger partial charge on any atom is -0.353 e. The molecule has 3 amide bonds. The van der Waals surface area contributed by atoms with Crippen LogP contribution in [0.3, 0.4) is 0 Å². The smallest absolute Gasteiger partial charge is 0.317 e. The van der Waals surface area contributed by atoms with Crippen molar-refractivity contribution >= 4 is 22.0 Å². The Hall–Kier alpha value is -2.20. The second kappa shape index (κ2) is 11.8. The second-order valence-corrected chi connectivity index (χ2v) is 11.0. The highest BCUT2D eigenvalue weighted by atomic mass is 32.2. The lowest BCUT2D eigenvalue weighted by Gasteiger charge is -2.34. The van der Waals surface area contributed by atoms with Crippen molar-refractivity contribution in [2.24, 2.45) is 0 Å². The first-order valence-electron chi connectivity index (χ1n) is 11.8. The van der Waals surface area contributed by atoms with Crippen LogP contribution < -0.4 is 10.6 Å². The Morgan fingerprint density at radius 2 is 1.61 bits per heavy atom. The topological polar surface area (TPSA) is 98.8 Å². The quantitative estimate of drug-likeness (QED) is 0.595. The summed E-state index contributed by atoms with van der Waals surface area (Å²) in [5, 5.41) is 6.14. The molecule has 1 saturated carbocycles. The van der Waals surface area contributed by atoms with Gasteiger partial charge >= 0.3 is 6.03 Å². The third kappa shape index (κ3) is 7.40. The van der Waals surface area contributed by atoms with E-state index in [9.17, 15) is 22.4 Å². The summed E-state index contributed by atoms with van der Waals surface area (Å²) < 4.78 is 39.2. The lowest BCUT2D eigenvalue weighted by atomic mass is 9.95. The van der Waals surface area contributed by atoms with E-state index >= 15 is 0 Å². The van der Waals surface area contributed by atoms with Crippen LogP contribution in [0.15, 0.2) is 29.2 Å². The fraction of sp³-hybridized carbons (Fsp3) is 0.652. The van der Waals surface area contributed by atoms with Crippen LogP contribution in [0, 0.1) is 5.82 Å². The van der Waals surface area contributed by atoms with E-state index in [4.69, 9.17) is 0 Å². The van der Waals surface area contributed by atoms with Gasteiger partial charge in [-0.05, 0) is 56.4 Å². The number of hydrogen-bond donors (Lipinski definition) is 2. The van der Waals surface area contributed by atoms with Crippen molar-refractivity contribution in [1.29, 1.82) is 0 Å². The van der Waals surface area contributed by atoms with Gasteiger partial charge in [0.25, 0.3) is 0 Å². The summed E-state index contributed by atoms with van der Waals surface area (Å²) in [6.07, 6.45) is 7.72. The zero-order valence-corrected chi connectivity index (χ0v) is 20.1. The molecule has 1 aliphatic heterocycles. The minimum atomic E-state index is -3.71. The Kier molecular flexibility index (Phi) is 9.08. The molecule has 1 aliphatic carbocycles. The maximum atomic E-state index is 13.0. The Balaban J connectivity index is 1.34. The maximum Gasteiger partial charge on any atom is 0.317 e. The third-order valence-corrected chi connectivity index (χ3v) is 8.35. The first-order valence-corrected chi connectivity index (χ1v) is 13.3. The Bertz CT molecular complexity index is 896. The number of halogens is 1. The molecule has 0 aromatic heterocycles. The van der Waals surface area contributed by atoms with Gasteiger partial charge in [0.15, 0.2) is 0 Å². The average molecular weight is 483 g/mol. The van der Waals surface area contributed by atoms with Gasteiger partial charge in [0.2, 0.25) is 15.9 Å². The SMILES string of the molecule is CN(CCCC(=O)NC1CCN(C(=O)NC2CCCCC2)CC1)S(=O)(=O)c1ccc(F)cc1. The first-order chi connectivity index (χ1) is 15.8. The molecule has 184 valence electrons. The molecule has 2 N–H and O–H groups in total. The van der Waals surface area contributed by atoms with Gasteiger partial charge in [-0.3, -0.25) is 4.79 Å². The molecule has 10 heteroatoms. The highest BCUT2D eigenvalue weighted by molar-refractivity contribution is 7.89. The lowest BCUT2D eigenvalue weighted by molar-refractivity contribution is -0.122. The molecule has 1 heterocycles. The summed E-state index contributed by atoms with van der Waals surface area (Å²) in [6, 6.07) is 4.99. The highest BCUT2D eigenvalue weighted by Crippen LogP contribution is 2.19. The van der Waals surface area contributed by atoms with Crippen molar-refractivity contribution < 1.29 is 22.4 Å². The second-order valence-electron chi connectivity index (χ2n) is 9.00. The van der Waals surface area contributed by atoms with Crippen molar-refractivity contribution in [3.63, 3.8) is 0 Å². The molecule has 2 aliphatic rings. The number of sulfonamides is 1. The molecule has 1 aromatic rings. The molecule has 1 aromatic carbocycles. The number of rotatable bonds is 8. The summed E-state index contributed by atoms with van der Waals surface area (Å²) >= 11 is 0. The van der Waals surface area contributed by atoms with Crippen LogP contribution in [-0.2, 0) is 14.8 Å². The monoisotopic (exact) mass is 482 g/mol. The van der Waals surface area contributed by atoms with E-state index in [1.807, 2.05) is 4.90 Å². The largest absolute Gasteiger partial charge is 0.353 e. The Morgan fingerprint density at radius 1 is 1.00 bits per heavy atom. The van der Waals surface area contributed by atoms with Crippen LogP contribution in [0.2, 0.25) is 0 Å². The van der Waals surface area contributed by atoms with Crippen LogP contribution in [0.25, 0.3) is 0 Å². The number of amides is 3. The molecular weight excluding hydrogens is 447 g/mol. The van der Waals surface area contributed by atoms with Gasteiger partial charge in [0, 0.05) is 45.2 Å². The highest BCUT2D eigenvalue weighted by Gasteiger charge is 2.26. The van der Waals surface area contributed by atoms with E-state index in [2.05, 4.69) is 10.6 Å². The molecule has 33 heavy (non-hydrogen) atoms. The van der Waals surface area contributed by atoms with Crippen molar-refractivity contribution in [2.45, 2.75) is 74.8 Å². The number of carbonyl (C=O) groups is 2. The molecule has 3 rings (SSSR count). The van der Waals surface area contributed by atoms with E-state index < -0.39 is 15.8 Å². The van der Waals surface area contributed by atoms with Gasteiger partial charge < -0.3 is 15.5 Å². The van der Waals surface area contributed by atoms with Crippen LogP contribution in [0.4, 0.5) is 9.18 Å². The fourth-order valence-corrected chi connectivity index (χ4v) is 5.62. The normalized spacial score (nSPS) is 18.3. The summed E-state index contributed by atoms with van der Waals surface area (Å²) in [7, 11) is -2.27. The molecule has 0 radical (unpaired) electrons. The van der Waals surface area contributed by atoms with E-state index in [0.717, 1.165) is 25.0 Å². The van der Waals surface area contributed by atoms with Crippen molar-refractivity contribution in [1.82, 2.24) is 19.8 Å². The average Bonchev–Trinajstić information content (AvgIpc) is 2.80. The van der Waals surface area contributed by atoms with Crippen molar-refractivity contribution in [3.05, 3.63) is 30.1 Å². The van der Waals surface area contributed by atoms with Crippen LogP contribution in [0.1, 0.15) is 57.8 Å². The molecule has 8 nitrogen and oxygen atoms in total. The Morgan fingerprint density at radius 3 is 2.24 bits per heavy atom. The third-order valence-electron chi connectivity index (χ3n) is 6.48. The molecule has 2 fully saturated rings. The van der Waals surface area contributed by atoms with E-state index in [0.29, 0.717) is 32.4 Å². The van der Waals surface area contributed by atoms with Crippen LogP contribution in [-0.4, -0.2) is 68.3 Å². The molecule has 0 spiro atoms. The fourth-order valence-electron chi connectivity index (χ4n) is 4.41. The number of carbonyl (C=O) groups excluding carboxylic acids is 2. The predicted molar refractivity (Wildman–Crippen MR) is 124 cm³/mol. The number of urea groups is 1. The summed E-state index contributed by atoms with van der Waals surface area (Å²) in [5.41, 5.74) is 0. The molecule has 0 bridgehead atoms. The van der Waals surface area contributed by atoms with Crippen molar-refractivity contribution in [2.75, 3.05) is 26.7 Å². The van der Waals surface area contributed by atoms with Crippen LogP contribution in [0.5, 0.6) is 0 Å². The number of likely N-dealkylation sites (tertiary alicyclic amines) is 1. The molecular formula is C23H35FN4O4S. The number of nitrogens with zero attached hydrogens (tertiary/aromatic N) is 2. The van der Waals surface area contributed by atoms with Crippen LogP contribution >= 0.6 is 0 Å². The zero-order chi connectivity index (χ0) is 23.8. The van der Waals surface area contributed by atoms with Gasteiger partial charge in [-0.1, -0.05) is 19.3 Å². The summed E-state index contributed by atoms with van der Waals surface area (Å²) in [4.78, 5) is 26.6. The maximum absolute atomic E-state index is 13.0. The number of piperidine rings is 1. The summed E-state index contributed by atoms with van der Waals surface area (Å²) in [6.45, 7) is 1.41. The van der Waals surface area contributed by atoms with Crippen molar-refractivity contribution in [3.8, 4) is 0 Å². The number of benzene rings is 1. The van der Waals surface area contributed by atoms with Gasteiger partial charge in [-0.25, -0.2) is 21.9 Å². The Labute approximate surface area is 195 Å².